The monoisotopic (exact) mass is 349 g/mol. The highest BCUT2D eigenvalue weighted by atomic mass is 32.1. The van der Waals surface area contributed by atoms with Gasteiger partial charge in [0.2, 0.25) is 5.91 Å². The van der Waals surface area contributed by atoms with Crippen LogP contribution in [0.2, 0.25) is 0 Å². The first-order valence-electron chi connectivity index (χ1n) is 7.40. The normalized spacial score (nSPS) is 11.8. The number of nitrogens with zero attached hydrogens (tertiary/aromatic N) is 2. The molecular weight excluding hydrogens is 334 g/mol. The maximum absolute atomic E-state index is 12.2. The number of fused-ring (bicyclic) bond motifs is 1. The molecule has 0 aliphatic heterocycles. The van der Waals surface area contributed by atoms with Crippen LogP contribution >= 0.6 is 11.3 Å². The summed E-state index contributed by atoms with van der Waals surface area (Å²) in [4.78, 5) is 20.4. The van der Waals surface area contributed by atoms with Crippen LogP contribution in [-0.2, 0) is 4.79 Å². The molecule has 0 saturated heterocycles. The SMILES string of the molecule is N=CC(=CN)c1ccncc1/C=C/C(=O)Nc1ccc2ncsc2c1. The molecule has 1 amide bonds. The first-order chi connectivity index (χ1) is 12.2. The van der Waals surface area contributed by atoms with Crippen LogP contribution in [0.5, 0.6) is 0 Å². The van der Waals surface area contributed by atoms with E-state index >= 15 is 0 Å². The molecule has 2 aromatic heterocycles. The number of nitrogens with one attached hydrogen (secondary N) is 2. The number of amides is 1. The number of nitrogens with two attached hydrogens (primary N) is 1. The van der Waals surface area contributed by atoms with Crippen molar-refractivity contribution < 1.29 is 4.79 Å². The van der Waals surface area contributed by atoms with Crippen molar-refractivity contribution in [1.82, 2.24) is 9.97 Å². The van der Waals surface area contributed by atoms with E-state index in [0.29, 0.717) is 16.8 Å². The first kappa shape index (κ1) is 16.5. The fourth-order valence-corrected chi connectivity index (χ4v) is 3.02. The number of benzene rings is 1. The molecule has 0 radical (unpaired) electrons. The van der Waals surface area contributed by atoms with Crippen LogP contribution in [0, 0.1) is 5.41 Å². The van der Waals surface area contributed by atoms with Gasteiger partial charge < -0.3 is 16.5 Å². The van der Waals surface area contributed by atoms with Crippen molar-refractivity contribution in [3.05, 3.63) is 65.6 Å². The third kappa shape index (κ3) is 3.78. The number of anilines is 1. The Kier molecular flexibility index (Phi) is 4.96. The zero-order chi connectivity index (χ0) is 17.6. The van der Waals surface area contributed by atoms with Crippen LogP contribution in [0.1, 0.15) is 11.1 Å². The fraction of sp³-hybridized carbons (Fsp3) is 0. The predicted molar refractivity (Wildman–Crippen MR) is 102 cm³/mol. The summed E-state index contributed by atoms with van der Waals surface area (Å²) in [5, 5.41) is 10.2. The molecule has 6 nitrogen and oxygen atoms in total. The van der Waals surface area contributed by atoms with Gasteiger partial charge >= 0.3 is 0 Å². The van der Waals surface area contributed by atoms with E-state index in [1.807, 2.05) is 18.2 Å². The molecule has 4 N–H and O–H groups in total. The lowest BCUT2D eigenvalue weighted by atomic mass is 10.0. The highest BCUT2D eigenvalue weighted by molar-refractivity contribution is 7.16. The van der Waals surface area contributed by atoms with E-state index in [4.69, 9.17) is 11.1 Å². The van der Waals surface area contributed by atoms with E-state index < -0.39 is 0 Å². The zero-order valence-corrected chi connectivity index (χ0v) is 14.0. The topological polar surface area (TPSA) is 105 Å². The van der Waals surface area contributed by atoms with Crippen molar-refractivity contribution in [2.45, 2.75) is 0 Å². The van der Waals surface area contributed by atoms with Crippen LogP contribution in [0.4, 0.5) is 5.69 Å². The molecule has 0 bridgehead atoms. The Morgan fingerprint density at radius 1 is 1.32 bits per heavy atom. The summed E-state index contributed by atoms with van der Waals surface area (Å²) < 4.78 is 1.01. The highest BCUT2D eigenvalue weighted by Crippen LogP contribution is 2.22. The average Bonchev–Trinajstić information content (AvgIpc) is 3.10. The second kappa shape index (κ2) is 7.50. The lowest BCUT2D eigenvalue weighted by molar-refractivity contribution is -0.111. The van der Waals surface area contributed by atoms with Gasteiger partial charge in [-0.15, -0.1) is 11.3 Å². The van der Waals surface area contributed by atoms with Crippen molar-refractivity contribution >= 4 is 51.0 Å². The number of allylic oxidation sites excluding steroid dienone is 1. The van der Waals surface area contributed by atoms with Crippen molar-refractivity contribution in [2.75, 3.05) is 5.32 Å². The van der Waals surface area contributed by atoms with Gasteiger partial charge in [0.15, 0.2) is 0 Å². The van der Waals surface area contributed by atoms with Crippen LogP contribution in [-0.4, -0.2) is 22.1 Å². The Hall–Kier alpha value is -3.32. The Morgan fingerprint density at radius 2 is 2.20 bits per heavy atom. The summed E-state index contributed by atoms with van der Waals surface area (Å²) in [6, 6.07) is 7.32. The number of rotatable bonds is 5. The third-order valence-corrected chi connectivity index (χ3v) is 4.30. The van der Waals surface area contributed by atoms with E-state index in [2.05, 4.69) is 15.3 Å². The van der Waals surface area contributed by atoms with E-state index in [-0.39, 0.29) is 5.91 Å². The molecule has 2 heterocycles. The Labute approximate surface area is 148 Å². The Morgan fingerprint density at radius 3 is 3.00 bits per heavy atom. The molecule has 0 atom stereocenters. The van der Waals surface area contributed by atoms with E-state index in [1.54, 1.807) is 30.0 Å². The summed E-state index contributed by atoms with van der Waals surface area (Å²) in [5.74, 6) is -0.258. The number of pyridine rings is 1. The largest absolute Gasteiger partial charge is 0.404 e. The van der Waals surface area contributed by atoms with Gasteiger partial charge in [0, 0.05) is 47.7 Å². The number of carbonyl (C=O) groups is 1. The third-order valence-electron chi connectivity index (χ3n) is 3.51. The molecule has 0 aliphatic rings. The fourth-order valence-electron chi connectivity index (χ4n) is 2.30. The quantitative estimate of drug-likeness (QED) is 0.485. The molecule has 0 spiro atoms. The van der Waals surface area contributed by atoms with Crippen molar-refractivity contribution in [2.24, 2.45) is 5.73 Å². The van der Waals surface area contributed by atoms with Crippen molar-refractivity contribution in [3.8, 4) is 0 Å². The zero-order valence-electron chi connectivity index (χ0n) is 13.1. The maximum atomic E-state index is 12.2. The molecule has 0 saturated carbocycles. The minimum atomic E-state index is -0.258. The summed E-state index contributed by atoms with van der Waals surface area (Å²) >= 11 is 1.52. The number of aromatic nitrogens is 2. The maximum Gasteiger partial charge on any atom is 0.248 e. The van der Waals surface area contributed by atoms with Gasteiger partial charge in [0.05, 0.1) is 15.7 Å². The summed E-state index contributed by atoms with van der Waals surface area (Å²) in [6.07, 6.45) is 8.83. The molecule has 7 heteroatoms. The van der Waals surface area contributed by atoms with Gasteiger partial charge in [-0.25, -0.2) is 4.98 Å². The summed E-state index contributed by atoms with van der Waals surface area (Å²) in [6.45, 7) is 0. The molecule has 0 fully saturated rings. The average molecular weight is 349 g/mol. The standard InChI is InChI=1S/C18H15N5OS/c19-8-13(9-20)15-5-6-21-10-12(15)1-4-18(24)23-14-2-3-16-17(7-14)25-11-22-16/h1-11,19H,20H2,(H,23,24)/b4-1+,13-9?,19-8?. The van der Waals surface area contributed by atoms with Gasteiger partial charge in [-0.2, -0.15) is 0 Å². The van der Waals surface area contributed by atoms with Crippen molar-refractivity contribution in [3.63, 3.8) is 0 Å². The Bertz CT molecular complexity index is 990. The molecule has 3 aromatic rings. The highest BCUT2D eigenvalue weighted by Gasteiger charge is 2.05. The molecule has 3 rings (SSSR count). The molecule has 1 aromatic carbocycles. The molecule has 0 aliphatic carbocycles. The minimum absolute atomic E-state index is 0.258. The Balaban J connectivity index is 1.77. The minimum Gasteiger partial charge on any atom is -0.404 e. The smallest absolute Gasteiger partial charge is 0.248 e. The number of thiazole rings is 1. The van der Waals surface area contributed by atoms with Crippen LogP contribution < -0.4 is 11.1 Å². The number of hydrogen-bond donors (Lipinski definition) is 3. The van der Waals surface area contributed by atoms with Crippen LogP contribution in [0.25, 0.3) is 21.9 Å². The number of hydrogen-bond acceptors (Lipinski definition) is 6. The molecular formula is C18H15N5OS. The van der Waals surface area contributed by atoms with Gasteiger partial charge in [0.25, 0.3) is 0 Å². The second-order valence-electron chi connectivity index (χ2n) is 5.09. The molecule has 25 heavy (non-hydrogen) atoms. The van der Waals surface area contributed by atoms with Gasteiger partial charge in [0.1, 0.15) is 0 Å². The molecule has 124 valence electrons. The predicted octanol–water partition coefficient (Wildman–Crippen LogP) is 3.29. The van der Waals surface area contributed by atoms with Gasteiger partial charge in [-0.3, -0.25) is 9.78 Å². The van der Waals surface area contributed by atoms with Crippen molar-refractivity contribution in [1.29, 1.82) is 5.41 Å². The number of carbonyl (C=O) groups excluding carboxylic acids is 1. The summed E-state index contributed by atoms with van der Waals surface area (Å²) in [7, 11) is 0. The van der Waals surface area contributed by atoms with E-state index in [1.165, 1.54) is 23.6 Å². The lowest BCUT2D eigenvalue weighted by Gasteiger charge is -2.05. The van der Waals surface area contributed by atoms with Gasteiger partial charge in [-0.05, 0) is 35.9 Å². The van der Waals surface area contributed by atoms with Crippen LogP contribution in [0.3, 0.4) is 0 Å². The van der Waals surface area contributed by atoms with E-state index in [0.717, 1.165) is 22.0 Å². The second-order valence-corrected chi connectivity index (χ2v) is 5.97. The van der Waals surface area contributed by atoms with E-state index in [9.17, 15) is 4.79 Å². The summed E-state index contributed by atoms with van der Waals surface area (Å²) in [5.41, 5.74) is 10.9. The first-order valence-corrected chi connectivity index (χ1v) is 8.28. The van der Waals surface area contributed by atoms with Crippen LogP contribution in [0.15, 0.2) is 54.4 Å². The molecule has 0 unspecified atom stereocenters. The lowest BCUT2D eigenvalue weighted by Crippen LogP contribution is -2.07. The van der Waals surface area contributed by atoms with Gasteiger partial charge in [-0.1, -0.05) is 0 Å².